The summed E-state index contributed by atoms with van der Waals surface area (Å²) < 4.78 is 0.955. The maximum Gasteiger partial charge on any atom is 0.316 e. The number of imidazole rings is 1. The van der Waals surface area contributed by atoms with Crippen molar-refractivity contribution in [1.82, 2.24) is 19.7 Å². The summed E-state index contributed by atoms with van der Waals surface area (Å²) in [4.78, 5) is 28.1. The van der Waals surface area contributed by atoms with Crippen LogP contribution in [0.15, 0.2) is 41.5 Å². The number of rotatable bonds is 3. The fourth-order valence-electron chi connectivity index (χ4n) is 1.73. The highest BCUT2D eigenvalue weighted by molar-refractivity contribution is 5.85. The molecule has 0 atom stereocenters. The Kier molecular flexibility index (Phi) is 3.90. The standard InChI is InChI=1S/C12H11N5O2.ClH/c13-12-16-10-9(14-7-15-10)11(18)17(12)19-6-8-4-2-1-3-5-8;/h1-5,7H,6H2,(H2,13,16)(H,14,15);1H. The number of hydrogen-bond donors (Lipinski definition) is 2. The number of aromatic amines is 1. The third-order valence-corrected chi connectivity index (χ3v) is 2.64. The zero-order chi connectivity index (χ0) is 13.2. The Morgan fingerprint density at radius 1 is 1.30 bits per heavy atom. The topological polar surface area (TPSA) is 98.8 Å². The first kappa shape index (κ1) is 13.9. The van der Waals surface area contributed by atoms with E-state index in [4.69, 9.17) is 10.6 Å². The van der Waals surface area contributed by atoms with E-state index in [9.17, 15) is 4.79 Å². The maximum absolute atomic E-state index is 12.1. The van der Waals surface area contributed by atoms with Gasteiger partial charge in [0.1, 0.15) is 6.61 Å². The fraction of sp³-hybridized carbons (Fsp3) is 0.0833. The fourth-order valence-corrected chi connectivity index (χ4v) is 1.73. The van der Waals surface area contributed by atoms with Gasteiger partial charge in [0, 0.05) is 0 Å². The highest BCUT2D eigenvalue weighted by Crippen LogP contribution is 2.04. The molecule has 0 aliphatic rings. The first-order valence-electron chi connectivity index (χ1n) is 5.64. The number of halogens is 1. The van der Waals surface area contributed by atoms with Crippen molar-refractivity contribution in [3.05, 3.63) is 52.6 Å². The third kappa shape index (κ3) is 2.43. The normalized spacial score (nSPS) is 10.2. The van der Waals surface area contributed by atoms with Crippen molar-refractivity contribution in [2.75, 3.05) is 5.73 Å². The molecule has 1 aromatic carbocycles. The number of nitrogens with one attached hydrogen (secondary N) is 1. The second-order valence-corrected chi connectivity index (χ2v) is 3.93. The van der Waals surface area contributed by atoms with Crippen molar-refractivity contribution in [2.24, 2.45) is 0 Å². The lowest BCUT2D eigenvalue weighted by molar-refractivity contribution is 0.0932. The molecule has 0 unspecified atom stereocenters. The average molecular weight is 294 g/mol. The molecule has 0 radical (unpaired) electrons. The molecule has 0 aliphatic carbocycles. The van der Waals surface area contributed by atoms with E-state index in [1.54, 1.807) is 0 Å². The van der Waals surface area contributed by atoms with Gasteiger partial charge < -0.3 is 15.6 Å². The van der Waals surface area contributed by atoms with Crippen molar-refractivity contribution in [3.63, 3.8) is 0 Å². The summed E-state index contributed by atoms with van der Waals surface area (Å²) in [5, 5.41) is 0. The van der Waals surface area contributed by atoms with Crippen molar-refractivity contribution in [3.8, 4) is 0 Å². The molecule has 3 rings (SSSR count). The molecule has 104 valence electrons. The molecule has 2 heterocycles. The molecular formula is C12H12ClN5O2. The molecule has 0 saturated carbocycles. The Balaban J connectivity index is 0.00000147. The lowest BCUT2D eigenvalue weighted by Gasteiger charge is -2.09. The molecule has 0 fully saturated rings. The van der Waals surface area contributed by atoms with Crippen LogP contribution in [0.1, 0.15) is 5.56 Å². The summed E-state index contributed by atoms with van der Waals surface area (Å²) in [5.74, 6) is -0.0160. The van der Waals surface area contributed by atoms with E-state index in [0.29, 0.717) is 5.65 Å². The predicted octanol–water partition coefficient (Wildman–Crippen LogP) is 0.752. The van der Waals surface area contributed by atoms with Crippen molar-refractivity contribution in [1.29, 1.82) is 0 Å². The van der Waals surface area contributed by atoms with E-state index in [-0.39, 0.29) is 30.5 Å². The van der Waals surface area contributed by atoms with Crippen LogP contribution in [0, 0.1) is 0 Å². The molecule has 0 aliphatic heterocycles. The van der Waals surface area contributed by atoms with Gasteiger partial charge in [-0.25, -0.2) is 4.98 Å². The number of anilines is 1. The van der Waals surface area contributed by atoms with Crippen LogP contribution in [-0.4, -0.2) is 19.7 Å². The second-order valence-electron chi connectivity index (χ2n) is 3.93. The molecule has 3 aromatic rings. The van der Waals surface area contributed by atoms with Gasteiger partial charge in [-0.05, 0) is 5.56 Å². The number of nitrogen functional groups attached to an aromatic ring is 1. The second kappa shape index (κ2) is 5.62. The molecule has 0 bridgehead atoms. The molecule has 7 nitrogen and oxygen atoms in total. The molecule has 0 amide bonds. The summed E-state index contributed by atoms with van der Waals surface area (Å²) in [6.07, 6.45) is 1.39. The van der Waals surface area contributed by atoms with Crippen LogP contribution in [0.25, 0.3) is 11.2 Å². The molecule has 20 heavy (non-hydrogen) atoms. The molecule has 0 saturated heterocycles. The summed E-state index contributed by atoms with van der Waals surface area (Å²) in [6.45, 7) is 0.225. The first-order chi connectivity index (χ1) is 9.25. The number of aromatic nitrogens is 4. The van der Waals surface area contributed by atoms with E-state index in [1.165, 1.54) is 6.33 Å². The Bertz CT molecular complexity index is 768. The van der Waals surface area contributed by atoms with Crippen LogP contribution in [0.3, 0.4) is 0 Å². The summed E-state index contributed by atoms with van der Waals surface area (Å²) >= 11 is 0. The number of nitrogens with zero attached hydrogens (tertiary/aromatic N) is 3. The van der Waals surface area contributed by atoms with Crippen LogP contribution >= 0.6 is 12.4 Å². The van der Waals surface area contributed by atoms with Gasteiger partial charge in [-0.15, -0.1) is 17.1 Å². The van der Waals surface area contributed by atoms with E-state index >= 15 is 0 Å². The molecular weight excluding hydrogens is 282 g/mol. The van der Waals surface area contributed by atoms with E-state index in [2.05, 4.69) is 15.0 Å². The third-order valence-electron chi connectivity index (χ3n) is 2.64. The Labute approximate surface area is 119 Å². The smallest absolute Gasteiger partial charge is 0.316 e. The van der Waals surface area contributed by atoms with Crippen LogP contribution in [0.5, 0.6) is 0 Å². The van der Waals surface area contributed by atoms with Gasteiger partial charge >= 0.3 is 5.56 Å². The van der Waals surface area contributed by atoms with Crippen molar-refractivity contribution in [2.45, 2.75) is 6.61 Å². The van der Waals surface area contributed by atoms with Gasteiger partial charge in [0.15, 0.2) is 11.2 Å². The molecule has 3 N–H and O–H groups in total. The van der Waals surface area contributed by atoms with Gasteiger partial charge in [0.2, 0.25) is 5.95 Å². The van der Waals surface area contributed by atoms with Gasteiger partial charge in [0.25, 0.3) is 0 Å². The van der Waals surface area contributed by atoms with Crippen LogP contribution in [0.2, 0.25) is 0 Å². The Morgan fingerprint density at radius 2 is 2.05 bits per heavy atom. The van der Waals surface area contributed by atoms with Crippen molar-refractivity contribution < 1.29 is 4.84 Å². The summed E-state index contributed by atoms with van der Waals surface area (Å²) in [7, 11) is 0. The number of hydrogen-bond acceptors (Lipinski definition) is 5. The highest BCUT2D eigenvalue weighted by atomic mass is 35.5. The van der Waals surface area contributed by atoms with Crippen LogP contribution in [0.4, 0.5) is 5.95 Å². The quantitative estimate of drug-likeness (QED) is 0.742. The van der Waals surface area contributed by atoms with Gasteiger partial charge in [0.05, 0.1) is 6.33 Å². The molecule has 2 aromatic heterocycles. The van der Waals surface area contributed by atoms with E-state index in [0.717, 1.165) is 10.3 Å². The summed E-state index contributed by atoms with van der Waals surface area (Å²) in [5.41, 5.74) is 6.73. The minimum Gasteiger partial charge on any atom is -0.402 e. The number of nitrogens with two attached hydrogens (primary N) is 1. The number of H-pyrrole nitrogens is 1. The summed E-state index contributed by atoms with van der Waals surface area (Å²) in [6, 6.07) is 9.46. The Hall–Kier alpha value is -2.54. The Morgan fingerprint density at radius 3 is 2.80 bits per heavy atom. The minimum atomic E-state index is -0.431. The van der Waals surface area contributed by atoms with E-state index in [1.807, 2.05) is 30.3 Å². The molecule has 8 heteroatoms. The van der Waals surface area contributed by atoms with E-state index < -0.39 is 5.56 Å². The SMILES string of the molecule is Cl.Nc1nc2[nH]cnc2c(=O)n1OCc1ccccc1. The van der Waals surface area contributed by atoms with Crippen molar-refractivity contribution >= 4 is 29.5 Å². The monoisotopic (exact) mass is 293 g/mol. The molecule has 0 spiro atoms. The minimum absolute atomic E-state index is 0. The number of benzene rings is 1. The average Bonchev–Trinajstić information content (AvgIpc) is 2.88. The zero-order valence-electron chi connectivity index (χ0n) is 10.3. The zero-order valence-corrected chi connectivity index (χ0v) is 11.1. The van der Waals surface area contributed by atoms with Crippen LogP contribution in [-0.2, 0) is 6.61 Å². The lowest BCUT2D eigenvalue weighted by Crippen LogP contribution is -2.30. The number of fused-ring (bicyclic) bond motifs is 1. The van der Waals surface area contributed by atoms with Gasteiger partial charge in [-0.2, -0.15) is 4.98 Å². The largest absolute Gasteiger partial charge is 0.402 e. The highest BCUT2D eigenvalue weighted by Gasteiger charge is 2.11. The lowest BCUT2D eigenvalue weighted by atomic mass is 10.2. The predicted molar refractivity (Wildman–Crippen MR) is 76.5 cm³/mol. The first-order valence-corrected chi connectivity index (χ1v) is 5.64. The maximum atomic E-state index is 12.1. The van der Waals surface area contributed by atoms with Gasteiger partial charge in [-0.3, -0.25) is 4.79 Å². The van der Waals surface area contributed by atoms with Crippen LogP contribution < -0.4 is 16.1 Å². The van der Waals surface area contributed by atoms with Gasteiger partial charge in [-0.1, -0.05) is 30.3 Å².